The van der Waals surface area contributed by atoms with Crippen LogP contribution in [0.1, 0.15) is 40.3 Å². The molecule has 0 spiro atoms. The molecule has 0 aliphatic carbocycles. The van der Waals surface area contributed by atoms with Crippen molar-refractivity contribution in [3.05, 3.63) is 11.1 Å². The van der Waals surface area contributed by atoms with E-state index in [9.17, 15) is 5.11 Å². The summed E-state index contributed by atoms with van der Waals surface area (Å²) in [4.78, 5) is 4.42. The summed E-state index contributed by atoms with van der Waals surface area (Å²) in [6, 6.07) is 0. The summed E-state index contributed by atoms with van der Waals surface area (Å²) in [7, 11) is 0. The Morgan fingerprint density at radius 2 is 2.00 bits per heavy atom. The number of nitrogens with one attached hydrogen (secondary N) is 1. The van der Waals surface area contributed by atoms with Crippen LogP contribution in [0.25, 0.3) is 0 Å². The minimum Gasteiger partial charge on any atom is -0.388 e. The Bertz CT molecular complexity index is 326. The molecule has 15 heavy (non-hydrogen) atoms. The maximum atomic E-state index is 9.99. The van der Waals surface area contributed by atoms with Crippen LogP contribution in [0, 0.1) is 0 Å². The lowest BCUT2D eigenvalue weighted by Gasteiger charge is -2.37. The molecule has 0 saturated carbocycles. The van der Waals surface area contributed by atoms with E-state index >= 15 is 0 Å². The Morgan fingerprint density at radius 1 is 1.40 bits per heavy atom. The van der Waals surface area contributed by atoms with Crippen molar-refractivity contribution in [1.82, 2.24) is 4.98 Å². The summed E-state index contributed by atoms with van der Waals surface area (Å²) in [5.74, 6) is 0. The van der Waals surface area contributed by atoms with E-state index in [4.69, 9.17) is 0 Å². The second-order valence-electron chi connectivity index (χ2n) is 4.81. The highest BCUT2D eigenvalue weighted by Crippen LogP contribution is 2.27. The molecule has 0 saturated heterocycles. The van der Waals surface area contributed by atoms with Gasteiger partial charge in [0.05, 0.1) is 16.8 Å². The van der Waals surface area contributed by atoms with Crippen LogP contribution < -0.4 is 5.32 Å². The predicted octanol–water partition coefficient (Wildman–Crippen LogP) is 2.67. The van der Waals surface area contributed by atoms with Crippen LogP contribution in [0.3, 0.4) is 0 Å². The van der Waals surface area contributed by atoms with E-state index in [1.54, 1.807) is 25.2 Å². The molecule has 0 amide bonds. The third-order valence-corrected chi connectivity index (χ3v) is 3.67. The van der Waals surface area contributed by atoms with Gasteiger partial charge < -0.3 is 10.4 Å². The van der Waals surface area contributed by atoms with Crippen LogP contribution in [-0.4, -0.2) is 21.2 Å². The Labute approximate surface area is 95.6 Å². The minimum absolute atomic E-state index is 0.393. The summed E-state index contributed by atoms with van der Waals surface area (Å²) < 4.78 is 0. The van der Waals surface area contributed by atoms with Crippen LogP contribution in [0.5, 0.6) is 0 Å². The molecule has 0 fully saturated rings. The van der Waals surface area contributed by atoms with Crippen molar-refractivity contribution >= 4 is 16.5 Å². The number of aromatic nitrogens is 1. The van der Waals surface area contributed by atoms with Crippen LogP contribution in [-0.2, 0) is 6.42 Å². The first-order chi connectivity index (χ1) is 6.76. The molecule has 0 aromatic carbocycles. The van der Waals surface area contributed by atoms with Gasteiger partial charge in [-0.3, -0.25) is 0 Å². The molecule has 0 radical (unpaired) electrons. The largest absolute Gasteiger partial charge is 0.388 e. The molecular formula is C11H20N2OS. The molecular weight excluding hydrogens is 208 g/mol. The first-order valence-electron chi connectivity index (χ1n) is 5.21. The quantitative estimate of drug-likeness (QED) is 0.833. The molecule has 1 rings (SSSR count). The van der Waals surface area contributed by atoms with E-state index in [1.165, 1.54) is 0 Å². The summed E-state index contributed by atoms with van der Waals surface area (Å²) in [6.07, 6.45) is 0.946. The number of anilines is 1. The molecule has 4 heteroatoms. The second-order valence-corrected chi connectivity index (χ2v) is 5.66. The molecule has 86 valence electrons. The number of aryl methyl sites for hydroxylation is 1. The fraction of sp³-hybridized carbons (Fsp3) is 0.727. The zero-order valence-electron chi connectivity index (χ0n) is 10.1. The average molecular weight is 228 g/mol. The number of hydrogen-bond donors (Lipinski definition) is 2. The van der Waals surface area contributed by atoms with Crippen molar-refractivity contribution in [1.29, 1.82) is 0 Å². The van der Waals surface area contributed by atoms with Gasteiger partial charge in [-0.2, -0.15) is 0 Å². The van der Waals surface area contributed by atoms with Gasteiger partial charge in [-0.15, -0.1) is 11.3 Å². The first kappa shape index (κ1) is 12.5. The molecule has 1 aromatic heterocycles. The lowest BCUT2D eigenvalue weighted by Crippen LogP contribution is -2.51. The number of hydrogen-bond acceptors (Lipinski definition) is 4. The van der Waals surface area contributed by atoms with Crippen LogP contribution >= 0.6 is 11.3 Å². The second kappa shape index (κ2) is 4.10. The number of thiazole rings is 1. The van der Waals surface area contributed by atoms with Crippen molar-refractivity contribution in [2.24, 2.45) is 0 Å². The highest BCUT2D eigenvalue weighted by atomic mass is 32.1. The number of rotatable bonds is 4. The maximum Gasteiger partial charge on any atom is 0.183 e. The minimum atomic E-state index is -0.787. The van der Waals surface area contributed by atoms with Gasteiger partial charge in [0.15, 0.2) is 5.13 Å². The van der Waals surface area contributed by atoms with Gasteiger partial charge in [0.1, 0.15) is 0 Å². The molecule has 1 aromatic rings. The molecule has 0 aliphatic rings. The summed E-state index contributed by atoms with van der Waals surface area (Å²) in [6.45, 7) is 9.63. The lowest BCUT2D eigenvalue weighted by atomic mass is 9.86. The number of nitrogens with zero attached hydrogens (tertiary/aromatic N) is 1. The number of aliphatic hydroxyl groups is 1. The molecule has 1 heterocycles. The van der Waals surface area contributed by atoms with Crippen LogP contribution in [0.15, 0.2) is 5.38 Å². The van der Waals surface area contributed by atoms with Gasteiger partial charge in [0.2, 0.25) is 0 Å². The highest BCUT2D eigenvalue weighted by Gasteiger charge is 2.35. The van der Waals surface area contributed by atoms with Gasteiger partial charge >= 0.3 is 0 Å². The van der Waals surface area contributed by atoms with E-state index in [2.05, 4.69) is 17.2 Å². The van der Waals surface area contributed by atoms with Crippen LogP contribution in [0.2, 0.25) is 0 Å². The molecule has 0 unspecified atom stereocenters. The fourth-order valence-electron chi connectivity index (χ4n) is 0.947. The fourth-order valence-corrected chi connectivity index (χ4v) is 1.90. The van der Waals surface area contributed by atoms with Crippen molar-refractivity contribution in [3.8, 4) is 0 Å². The topological polar surface area (TPSA) is 45.1 Å². The van der Waals surface area contributed by atoms with E-state index < -0.39 is 11.1 Å². The van der Waals surface area contributed by atoms with E-state index in [1.807, 2.05) is 19.2 Å². The summed E-state index contributed by atoms with van der Waals surface area (Å²) >= 11 is 1.58. The van der Waals surface area contributed by atoms with Gasteiger partial charge in [0, 0.05) is 5.38 Å². The molecule has 3 nitrogen and oxygen atoms in total. The van der Waals surface area contributed by atoms with Crippen molar-refractivity contribution in [2.45, 2.75) is 52.2 Å². The molecule has 0 aliphatic heterocycles. The van der Waals surface area contributed by atoms with Gasteiger partial charge in [0.25, 0.3) is 0 Å². The third-order valence-electron chi connectivity index (χ3n) is 2.86. The molecule has 0 atom stereocenters. The van der Waals surface area contributed by atoms with E-state index in [0.717, 1.165) is 17.2 Å². The standard InChI is InChI=1S/C11H20N2OS/c1-6-8-7-15-9(12-8)13-10(2,3)11(4,5)14/h7,14H,6H2,1-5H3,(H,12,13). The normalized spacial score (nSPS) is 12.9. The van der Waals surface area contributed by atoms with Crippen molar-refractivity contribution in [3.63, 3.8) is 0 Å². The van der Waals surface area contributed by atoms with E-state index in [0.29, 0.717) is 0 Å². The Balaban J connectivity index is 2.77. The SMILES string of the molecule is CCc1csc(NC(C)(C)C(C)(C)O)n1. The van der Waals surface area contributed by atoms with Crippen LogP contribution in [0.4, 0.5) is 5.13 Å². The Kier molecular flexibility index (Phi) is 3.41. The predicted molar refractivity (Wildman–Crippen MR) is 65.5 cm³/mol. The smallest absolute Gasteiger partial charge is 0.183 e. The Morgan fingerprint density at radius 3 is 2.40 bits per heavy atom. The van der Waals surface area contributed by atoms with Crippen molar-refractivity contribution < 1.29 is 5.11 Å². The van der Waals surface area contributed by atoms with E-state index in [-0.39, 0.29) is 0 Å². The molecule has 0 bridgehead atoms. The zero-order valence-corrected chi connectivity index (χ0v) is 10.9. The molecule has 2 N–H and O–H groups in total. The average Bonchev–Trinajstić information content (AvgIpc) is 2.49. The van der Waals surface area contributed by atoms with Gasteiger partial charge in [-0.25, -0.2) is 4.98 Å². The Hall–Kier alpha value is -0.610. The summed E-state index contributed by atoms with van der Waals surface area (Å²) in [5, 5.41) is 16.2. The lowest BCUT2D eigenvalue weighted by molar-refractivity contribution is 0.0240. The zero-order chi connectivity index (χ0) is 11.7. The highest BCUT2D eigenvalue weighted by molar-refractivity contribution is 7.13. The van der Waals surface area contributed by atoms with Gasteiger partial charge in [-0.1, -0.05) is 6.92 Å². The monoisotopic (exact) mass is 228 g/mol. The first-order valence-corrected chi connectivity index (χ1v) is 6.09. The maximum absolute atomic E-state index is 9.99. The van der Waals surface area contributed by atoms with Gasteiger partial charge in [-0.05, 0) is 34.1 Å². The van der Waals surface area contributed by atoms with Crippen molar-refractivity contribution in [2.75, 3.05) is 5.32 Å². The summed E-state index contributed by atoms with van der Waals surface area (Å²) in [5.41, 5.74) is -0.0879. The third kappa shape index (κ3) is 2.92.